The van der Waals surface area contributed by atoms with Crippen molar-refractivity contribution in [1.29, 1.82) is 0 Å². The van der Waals surface area contributed by atoms with E-state index >= 15 is 0 Å². The van der Waals surface area contributed by atoms with Gasteiger partial charge in [0.15, 0.2) is 0 Å². The molecule has 0 radical (unpaired) electrons. The van der Waals surface area contributed by atoms with Gasteiger partial charge < -0.3 is 15.0 Å². The molecule has 2 aromatic heterocycles. The van der Waals surface area contributed by atoms with Gasteiger partial charge in [0.25, 0.3) is 5.91 Å². The Balaban J connectivity index is 1.68. The summed E-state index contributed by atoms with van der Waals surface area (Å²) in [6, 6.07) is 7.86. The molecule has 0 unspecified atom stereocenters. The van der Waals surface area contributed by atoms with Gasteiger partial charge in [-0.05, 0) is 29.5 Å². The van der Waals surface area contributed by atoms with E-state index in [2.05, 4.69) is 35.1 Å². The summed E-state index contributed by atoms with van der Waals surface area (Å²) in [5, 5.41) is 5.17. The van der Waals surface area contributed by atoms with Crippen molar-refractivity contribution < 1.29 is 9.53 Å². The van der Waals surface area contributed by atoms with Crippen LogP contribution in [0.2, 0.25) is 0 Å². The van der Waals surface area contributed by atoms with Crippen LogP contribution in [-0.2, 0) is 4.74 Å². The quantitative estimate of drug-likeness (QED) is 0.905. The van der Waals surface area contributed by atoms with Crippen LogP contribution in [0.15, 0.2) is 35.8 Å². The van der Waals surface area contributed by atoms with Crippen LogP contribution in [0.1, 0.15) is 35.1 Å². The molecule has 24 heavy (non-hydrogen) atoms. The molecular formula is C18H23N3O2S. The van der Waals surface area contributed by atoms with Crippen molar-refractivity contribution in [2.45, 2.75) is 19.9 Å². The number of hydrogen-bond acceptors (Lipinski definition) is 5. The average molecular weight is 345 g/mol. The van der Waals surface area contributed by atoms with Crippen LogP contribution in [0.5, 0.6) is 0 Å². The van der Waals surface area contributed by atoms with Crippen molar-refractivity contribution in [3.8, 4) is 0 Å². The second kappa shape index (κ2) is 7.77. The summed E-state index contributed by atoms with van der Waals surface area (Å²) >= 11 is 1.67. The third-order valence-electron chi connectivity index (χ3n) is 4.15. The van der Waals surface area contributed by atoms with Gasteiger partial charge in [-0.25, -0.2) is 4.98 Å². The van der Waals surface area contributed by atoms with Gasteiger partial charge in [0, 0.05) is 24.2 Å². The first-order chi connectivity index (χ1) is 11.6. The molecule has 0 bridgehead atoms. The lowest BCUT2D eigenvalue weighted by Gasteiger charge is -2.27. The van der Waals surface area contributed by atoms with Crippen molar-refractivity contribution in [3.05, 3.63) is 46.3 Å². The molecule has 3 heterocycles. The SMILES string of the molecule is CC(C)[C@H](NC(=O)c1ccc(N2CCOCC2)nc1)c1cccs1. The normalized spacial score (nSPS) is 16.2. The van der Waals surface area contributed by atoms with E-state index in [-0.39, 0.29) is 11.9 Å². The highest BCUT2D eigenvalue weighted by molar-refractivity contribution is 7.10. The maximum atomic E-state index is 12.6. The van der Waals surface area contributed by atoms with E-state index in [0.717, 1.165) is 32.1 Å². The Morgan fingerprint density at radius 3 is 2.67 bits per heavy atom. The number of amides is 1. The Morgan fingerprint density at radius 2 is 2.08 bits per heavy atom. The lowest BCUT2D eigenvalue weighted by atomic mass is 10.0. The van der Waals surface area contributed by atoms with Gasteiger partial charge in [0.1, 0.15) is 5.82 Å². The Hall–Kier alpha value is -1.92. The largest absolute Gasteiger partial charge is 0.378 e. The monoisotopic (exact) mass is 345 g/mol. The Bertz CT molecular complexity index is 649. The number of carbonyl (C=O) groups excluding carboxylic acids is 1. The maximum Gasteiger partial charge on any atom is 0.253 e. The first-order valence-electron chi connectivity index (χ1n) is 8.28. The summed E-state index contributed by atoms with van der Waals surface area (Å²) in [6.45, 7) is 7.36. The fraction of sp³-hybridized carbons (Fsp3) is 0.444. The van der Waals surface area contributed by atoms with E-state index < -0.39 is 0 Å². The summed E-state index contributed by atoms with van der Waals surface area (Å²) in [5.74, 6) is 1.14. The third kappa shape index (κ3) is 3.94. The molecule has 5 nitrogen and oxygen atoms in total. The molecule has 1 amide bonds. The fourth-order valence-corrected chi connectivity index (χ4v) is 3.71. The molecule has 0 spiro atoms. The Morgan fingerprint density at radius 1 is 1.29 bits per heavy atom. The number of rotatable bonds is 5. The smallest absolute Gasteiger partial charge is 0.253 e. The highest BCUT2D eigenvalue weighted by atomic mass is 32.1. The lowest BCUT2D eigenvalue weighted by molar-refractivity contribution is 0.0926. The summed E-state index contributed by atoms with van der Waals surface area (Å²) in [6.07, 6.45) is 1.66. The lowest BCUT2D eigenvalue weighted by Crippen LogP contribution is -2.36. The number of thiophene rings is 1. The van der Waals surface area contributed by atoms with Gasteiger partial charge in [-0.1, -0.05) is 19.9 Å². The molecule has 3 rings (SSSR count). The third-order valence-corrected chi connectivity index (χ3v) is 5.10. The van der Waals surface area contributed by atoms with Crippen LogP contribution < -0.4 is 10.2 Å². The zero-order chi connectivity index (χ0) is 16.9. The van der Waals surface area contributed by atoms with Gasteiger partial charge in [0.2, 0.25) is 0 Å². The zero-order valence-corrected chi connectivity index (χ0v) is 14.9. The van der Waals surface area contributed by atoms with Crippen molar-refractivity contribution in [2.24, 2.45) is 5.92 Å². The predicted molar refractivity (Wildman–Crippen MR) is 96.6 cm³/mol. The predicted octanol–water partition coefficient (Wildman–Crippen LogP) is 3.11. The summed E-state index contributed by atoms with van der Waals surface area (Å²) in [5.41, 5.74) is 0.592. The number of nitrogens with zero attached hydrogens (tertiary/aromatic N) is 2. The van der Waals surface area contributed by atoms with Gasteiger partial charge in [-0.15, -0.1) is 11.3 Å². The number of ether oxygens (including phenoxy) is 1. The van der Waals surface area contributed by atoms with Crippen molar-refractivity contribution in [1.82, 2.24) is 10.3 Å². The minimum absolute atomic E-state index is 0.0245. The van der Waals surface area contributed by atoms with E-state index in [1.165, 1.54) is 4.88 Å². The molecule has 1 saturated heterocycles. The summed E-state index contributed by atoms with van der Waals surface area (Å²) < 4.78 is 5.35. The van der Waals surface area contributed by atoms with Crippen molar-refractivity contribution in [2.75, 3.05) is 31.2 Å². The van der Waals surface area contributed by atoms with Crippen LogP contribution in [0.4, 0.5) is 5.82 Å². The molecule has 0 saturated carbocycles. The van der Waals surface area contributed by atoms with Gasteiger partial charge in [-0.3, -0.25) is 4.79 Å². The first-order valence-corrected chi connectivity index (χ1v) is 9.16. The molecule has 1 atom stereocenters. The number of nitrogens with one attached hydrogen (secondary N) is 1. The minimum atomic E-state index is -0.0804. The van der Waals surface area contributed by atoms with Crippen LogP contribution in [-0.4, -0.2) is 37.2 Å². The minimum Gasteiger partial charge on any atom is -0.378 e. The number of morpholine rings is 1. The van der Waals surface area contributed by atoms with Crippen LogP contribution in [0.3, 0.4) is 0 Å². The molecule has 6 heteroatoms. The molecule has 128 valence electrons. The molecule has 0 aromatic carbocycles. The highest BCUT2D eigenvalue weighted by Gasteiger charge is 2.20. The second-order valence-electron chi connectivity index (χ2n) is 6.22. The molecule has 0 aliphatic carbocycles. The van der Waals surface area contributed by atoms with E-state index in [1.807, 2.05) is 23.6 Å². The van der Waals surface area contributed by atoms with Crippen LogP contribution in [0, 0.1) is 5.92 Å². The zero-order valence-electron chi connectivity index (χ0n) is 14.1. The van der Waals surface area contributed by atoms with E-state index in [4.69, 9.17) is 4.74 Å². The molecule has 1 aliphatic heterocycles. The standard InChI is InChI=1S/C18H23N3O2S/c1-13(2)17(15-4-3-11-24-15)20-18(22)14-5-6-16(19-12-14)21-7-9-23-10-8-21/h3-6,11-13,17H,7-10H2,1-2H3,(H,20,22)/t17-/m0/s1. The van der Waals surface area contributed by atoms with Gasteiger partial charge >= 0.3 is 0 Å². The second-order valence-corrected chi connectivity index (χ2v) is 7.19. The van der Waals surface area contributed by atoms with Gasteiger partial charge in [-0.2, -0.15) is 0 Å². The summed E-state index contributed by atoms with van der Waals surface area (Å²) in [4.78, 5) is 20.4. The van der Waals surface area contributed by atoms with E-state index in [1.54, 1.807) is 17.5 Å². The first kappa shape index (κ1) is 16.9. The van der Waals surface area contributed by atoms with Crippen LogP contribution in [0.25, 0.3) is 0 Å². The molecule has 2 aromatic rings. The van der Waals surface area contributed by atoms with Crippen molar-refractivity contribution >= 4 is 23.1 Å². The maximum absolute atomic E-state index is 12.6. The average Bonchev–Trinajstić information content (AvgIpc) is 3.14. The highest BCUT2D eigenvalue weighted by Crippen LogP contribution is 2.26. The molecular weight excluding hydrogens is 322 g/mol. The number of hydrogen-bond donors (Lipinski definition) is 1. The molecule has 1 aliphatic rings. The van der Waals surface area contributed by atoms with Crippen molar-refractivity contribution in [3.63, 3.8) is 0 Å². The summed E-state index contributed by atoms with van der Waals surface area (Å²) in [7, 11) is 0. The Kier molecular flexibility index (Phi) is 5.48. The molecule has 1 fully saturated rings. The van der Waals surface area contributed by atoms with Crippen LogP contribution >= 0.6 is 11.3 Å². The fourth-order valence-electron chi connectivity index (χ4n) is 2.76. The number of aromatic nitrogens is 1. The number of anilines is 1. The number of carbonyl (C=O) groups is 1. The van der Waals surface area contributed by atoms with Gasteiger partial charge in [0.05, 0.1) is 24.8 Å². The van der Waals surface area contributed by atoms with E-state index in [0.29, 0.717) is 11.5 Å². The molecule has 1 N–H and O–H groups in total. The number of pyridine rings is 1. The Labute approximate surface area is 146 Å². The topological polar surface area (TPSA) is 54.5 Å². The van der Waals surface area contributed by atoms with E-state index in [9.17, 15) is 4.79 Å².